The molecular formula is C20H28NO3PS. The van der Waals surface area contributed by atoms with Gasteiger partial charge in [-0.2, -0.15) is 0 Å². The van der Waals surface area contributed by atoms with Crippen molar-refractivity contribution >= 4 is 24.0 Å². The van der Waals surface area contributed by atoms with Crippen molar-refractivity contribution in [2.75, 3.05) is 13.3 Å². The summed E-state index contributed by atoms with van der Waals surface area (Å²) in [5.41, 5.74) is 1.91. The summed E-state index contributed by atoms with van der Waals surface area (Å²) in [6.07, 6.45) is 0. The lowest BCUT2D eigenvalue weighted by molar-refractivity contribution is 0.345. The third-order valence-electron chi connectivity index (χ3n) is 3.96. The molecule has 26 heavy (non-hydrogen) atoms. The van der Waals surface area contributed by atoms with Gasteiger partial charge in [0, 0.05) is 23.3 Å². The fourth-order valence-electron chi connectivity index (χ4n) is 2.54. The minimum Gasteiger partial charge on any atom is -0.598 e. The SMILES string of the molecule is CCOP(C)(=O)c1cccc([C@H](N[S+]([O-])C(C)(C)C)c2ccccc2)c1. The highest BCUT2D eigenvalue weighted by molar-refractivity contribution is 7.90. The third kappa shape index (κ3) is 5.45. The monoisotopic (exact) mass is 393 g/mol. The minimum atomic E-state index is -2.87. The van der Waals surface area contributed by atoms with Crippen LogP contribution in [-0.4, -0.2) is 22.6 Å². The fraction of sp³-hybridized carbons (Fsp3) is 0.400. The van der Waals surface area contributed by atoms with Gasteiger partial charge in [0.2, 0.25) is 7.37 Å². The van der Waals surface area contributed by atoms with Crippen LogP contribution >= 0.6 is 7.37 Å². The molecule has 0 saturated carbocycles. The standard InChI is InChI=1S/C20H28NO3PS/c1-6-24-25(5,22)18-14-10-13-17(15-18)19(16-11-8-7-9-12-16)21-26(23)20(2,3)4/h7-15,19,21H,6H2,1-5H3/t19-,25?,26?/m1/s1. The van der Waals surface area contributed by atoms with Crippen molar-refractivity contribution in [2.24, 2.45) is 0 Å². The van der Waals surface area contributed by atoms with E-state index in [1.54, 1.807) is 6.66 Å². The minimum absolute atomic E-state index is 0.266. The Kier molecular flexibility index (Phi) is 7.12. The smallest absolute Gasteiger partial charge is 0.229 e. The zero-order valence-electron chi connectivity index (χ0n) is 16.1. The zero-order chi connectivity index (χ0) is 19.4. The van der Waals surface area contributed by atoms with Gasteiger partial charge in [-0.1, -0.05) is 42.5 Å². The van der Waals surface area contributed by atoms with E-state index < -0.39 is 23.5 Å². The molecule has 0 saturated heterocycles. The van der Waals surface area contributed by atoms with Gasteiger partial charge < -0.3 is 9.08 Å². The van der Waals surface area contributed by atoms with Crippen LogP contribution in [0.15, 0.2) is 54.6 Å². The van der Waals surface area contributed by atoms with Gasteiger partial charge in [0.25, 0.3) is 0 Å². The Morgan fingerprint density at radius 3 is 2.31 bits per heavy atom. The van der Waals surface area contributed by atoms with E-state index in [9.17, 15) is 9.12 Å². The van der Waals surface area contributed by atoms with Crippen molar-refractivity contribution in [3.63, 3.8) is 0 Å². The Labute approximate surface area is 160 Å². The number of benzene rings is 2. The molecule has 142 valence electrons. The first-order chi connectivity index (χ1) is 12.1. The first-order valence-corrected chi connectivity index (χ1v) is 11.9. The van der Waals surface area contributed by atoms with Gasteiger partial charge in [0.05, 0.1) is 6.61 Å². The molecule has 0 aliphatic carbocycles. The lowest BCUT2D eigenvalue weighted by atomic mass is 10.00. The Balaban J connectivity index is 2.45. The second-order valence-corrected chi connectivity index (χ2v) is 11.7. The van der Waals surface area contributed by atoms with E-state index in [4.69, 9.17) is 4.52 Å². The molecule has 2 unspecified atom stereocenters. The molecule has 0 heterocycles. The van der Waals surface area contributed by atoms with Crippen LogP contribution in [0.25, 0.3) is 0 Å². The molecule has 0 aromatic heterocycles. The van der Waals surface area contributed by atoms with E-state index in [0.717, 1.165) is 11.1 Å². The van der Waals surface area contributed by atoms with Crippen molar-refractivity contribution in [1.82, 2.24) is 4.72 Å². The summed E-state index contributed by atoms with van der Waals surface area (Å²) in [5.74, 6) is 0. The summed E-state index contributed by atoms with van der Waals surface area (Å²) in [6.45, 7) is 9.67. The molecule has 6 heteroatoms. The Morgan fingerprint density at radius 1 is 1.12 bits per heavy atom. The van der Waals surface area contributed by atoms with Crippen molar-refractivity contribution in [3.8, 4) is 0 Å². The largest absolute Gasteiger partial charge is 0.598 e. The third-order valence-corrected chi connectivity index (χ3v) is 7.49. The van der Waals surface area contributed by atoms with Gasteiger partial charge in [-0.3, -0.25) is 4.57 Å². The summed E-state index contributed by atoms with van der Waals surface area (Å²) in [7, 11) is -2.87. The van der Waals surface area contributed by atoms with Crippen LogP contribution < -0.4 is 10.0 Å². The molecule has 0 spiro atoms. The number of nitrogens with one attached hydrogen (secondary N) is 1. The van der Waals surface area contributed by atoms with Gasteiger partial charge in [-0.15, -0.1) is 4.72 Å². The second-order valence-electron chi connectivity index (χ2n) is 7.20. The van der Waals surface area contributed by atoms with E-state index in [1.165, 1.54) is 0 Å². The number of hydrogen-bond donors (Lipinski definition) is 1. The summed E-state index contributed by atoms with van der Waals surface area (Å²) in [4.78, 5) is 0. The normalized spacial score (nSPS) is 16.7. The highest BCUT2D eigenvalue weighted by atomic mass is 32.2. The molecule has 0 aliphatic heterocycles. The predicted molar refractivity (Wildman–Crippen MR) is 111 cm³/mol. The maximum atomic E-state index is 12.8. The molecule has 0 aliphatic rings. The quantitative estimate of drug-likeness (QED) is 0.560. The Hall–Kier alpha value is -1.10. The predicted octanol–water partition coefficient (Wildman–Crippen LogP) is 4.40. The highest BCUT2D eigenvalue weighted by Crippen LogP contribution is 2.41. The van der Waals surface area contributed by atoms with Crippen LogP contribution in [0.2, 0.25) is 0 Å². The maximum absolute atomic E-state index is 12.8. The van der Waals surface area contributed by atoms with Crippen molar-refractivity contribution < 1.29 is 13.6 Å². The molecule has 1 N–H and O–H groups in total. The molecule has 3 atom stereocenters. The van der Waals surface area contributed by atoms with E-state index in [0.29, 0.717) is 11.9 Å². The first-order valence-electron chi connectivity index (χ1n) is 8.70. The molecule has 2 aromatic rings. The molecular weight excluding hydrogens is 365 g/mol. The van der Waals surface area contributed by atoms with Crippen LogP contribution in [0.1, 0.15) is 44.9 Å². The van der Waals surface area contributed by atoms with Crippen LogP contribution in [0.3, 0.4) is 0 Å². The van der Waals surface area contributed by atoms with Gasteiger partial charge in [0.1, 0.15) is 10.8 Å². The van der Waals surface area contributed by atoms with Crippen LogP contribution in [0.4, 0.5) is 0 Å². The number of hydrogen-bond acceptors (Lipinski definition) is 4. The molecule has 2 rings (SSSR count). The van der Waals surface area contributed by atoms with Crippen LogP contribution in [0.5, 0.6) is 0 Å². The second kappa shape index (κ2) is 8.73. The first kappa shape index (κ1) is 21.2. The zero-order valence-corrected chi connectivity index (χ0v) is 17.8. The molecule has 2 aromatic carbocycles. The highest BCUT2D eigenvalue weighted by Gasteiger charge is 2.31. The molecule has 0 amide bonds. The van der Waals surface area contributed by atoms with Crippen molar-refractivity contribution in [3.05, 3.63) is 65.7 Å². The fourth-order valence-corrected chi connectivity index (χ4v) is 4.76. The van der Waals surface area contributed by atoms with E-state index in [2.05, 4.69) is 4.72 Å². The summed E-state index contributed by atoms with van der Waals surface area (Å²) in [5, 5.41) is 0.668. The topological polar surface area (TPSA) is 61.4 Å². The van der Waals surface area contributed by atoms with E-state index >= 15 is 0 Å². The molecule has 4 nitrogen and oxygen atoms in total. The van der Waals surface area contributed by atoms with Crippen molar-refractivity contribution in [2.45, 2.75) is 38.5 Å². The lowest BCUT2D eigenvalue weighted by Gasteiger charge is -2.28. The maximum Gasteiger partial charge on any atom is 0.229 e. The Morgan fingerprint density at radius 2 is 1.73 bits per heavy atom. The van der Waals surface area contributed by atoms with Gasteiger partial charge >= 0.3 is 0 Å². The molecule has 0 fully saturated rings. The van der Waals surface area contributed by atoms with E-state index in [-0.39, 0.29) is 6.04 Å². The number of rotatable bonds is 7. The van der Waals surface area contributed by atoms with Crippen LogP contribution in [0, 0.1) is 0 Å². The summed E-state index contributed by atoms with van der Waals surface area (Å²) < 4.78 is 33.8. The van der Waals surface area contributed by atoms with Gasteiger partial charge in [-0.25, -0.2) is 0 Å². The summed E-state index contributed by atoms with van der Waals surface area (Å²) >= 11 is -1.25. The Bertz CT molecular complexity index is 761. The lowest BCUT2D eigenvalue weighted by Crippen LogP contribution is -2.41. The summed E-state index contributed by atoms with van der Waals surface area (Å²) in [6, 6.07) is 17.1. The average Bonchev–Trinajstić information content (AvgIpc) is 2.59. The van der Waals surface area contributed by atoms with Crippen molar-refractivity contribution in [1.29, 1.82) is 0 Å². The molecule has 0 radical (unpaired) electrons. The molecule has 0 bridgehead atoms. The van der Waals surface area contributed by atoms with Crippen LogP contribution in [-0.2, 0) is 20.5 Å². The van der Waals surface area contributed by atoms with Gasteiger partial charge in [0.15, 0.2) is 0 Å². The van der Waals surface area contributed by atoms with Gasteiger partial charge in [-0.05, 0) is 51.0 Å². The average molecular weight is 393 g/mol. The van der Waals surface area contributed by atoms with E-state index in [1.807, 2.05) is 82.3 Å².